The molecule has 0 atom stereocenters. The van der Waals surface area contributed by atoms with Gasteiger partial charge in [0.2, 0.25) is 0 Å². The molecule has 0 spiro atoms. The molecule has 0 aliphatic heterocycles. The zero-order valence-electron chi connectivity index (χ0n) is 13.7. The summed E-state index contributed by atoms with van der Waals surface area (Å²) < 4.78 is 8.86. The van der Waals surface area contributed by atoms with E-state index in [1.54, 1.807) is 0 Å². The Morgan fingerprint density at radius 3 is 2.87 bits per heavy atom. The van der Waals surface area contributed by atoms with E-state index in [0.29, 0.717) is 6.73 Å². The van der Waals surface area contributed by atoms with Gasteiger partial charge >= 0.3 is 0 Å². The van der Waals surface area contributed by atoms with Gasteiger partial charge in [0.1, 0.15) is 16.7 Å². The molecule has 0 saturated carbocycles. The van der Waals surface area contributed by atoms with Gasteiger partial charge in [-0.15, -0.1) is 0 Å². The highest BCUT2D eigenvalue weighted by Crippen LogP contribution is 2.39. The van der Waals surface area contributed by atoms with E-state index < -0.39 is 8.07 Å². The van der Waals surface area contributed by atoms with Crippen molar-refractivity contribution in [1.82, 2.24) is 9.78 Å². The number of fused-ring (bicyclic) bond motifs is 3. The third-order valence-corrected chi connectivity index (χ3v) is 6.67. The molecule has 23 heavy (non-hydrogen) atoms. The highest BCUT2D eigenvalue weighted by Gasteiger charge is 2.27. The van der Waals surface area contributed by atoms with E-state index >= 15 is 0 Å². The average Bonchev–Trinajstić information content (AvgIpc) is 3.00. The maximum absolute atomic E-state index is 11.0. The van der Waals surface area contributed by atoms with Crippen molar-refractivity contribution >= 4 is 37.0 Å². The molecule has 1 aliphatic carbocycles. The second kappa shape index (κ2) is 6.49. The molecule has 1 aromatic heterocycles. The van der Waals surface area contributed by atoms with Gasteiger partial charge in [-0.2, -0.15) is 5.10 Å². The van der Waals surface area contributed by atoms with Crippen molar-refractivity contribution in [3.63, 3.8) is 0 Å². The molecule has 0 unspecified atom stereocenters. The van der Waals surface area contributed by atoms with Gasteiger partial charge in [0, 0.05) is 37.8 Å². The number of aromatic nitrogens is 2. The van der Waals surface area contributed by atoms with Crippen LogP contribution < -0.4 is 0 Å². The summed E-state index contributed by atoms with van der Waals surface area (Å²) in [6.45, 7) is 8.34. The lowest BCUT2D eigenvalue weighted by Gasteiger charge is -2.15. The van der Waals surface area contributed by atoms with Crippen LogP contribution in [-0.2, 0) is 17.9 Å². The summed E-state index contributed by atoms with van der Waals surface area (Å²) in [5, 5.41) is 4.63. The zero-order chi connectivity index (χ0) is 16.6. The van der Waals surface area contributed by atoms with Crippen LogP contribution in [0.25, 0.3) is 11.3 Å². The Hall–Kier alpha value is -0.993. The summed E-state index contributed by atoms with van der Waals surface area (Å²) in [6.07, 6.45) is 1.75. The zero-order valence-corrected chi connectivity index (χ0v) is 16.9. The Morgan fingerprint density at radius 2 is 2.17 bits per heavy atom. The first-order chi connectivity index (χ1) is 10.9. The average molecular weight is 440 g/mol. The molecule has 1 aromatic carbocycles. The molecular weight excluding hydrogens is 419 g/mol. The third kappa shape index (κ3) is 3.59. The fourth-order valence-corrected chi connectivity index (χ4v) is 4.27. The summed E-state index contributed by atoms with van der Waals surface area (Å²) in [5.41, 5.74) is 5.51. The lowest BCUT2D eigenvalue weighted by Crippen LogP contribution is -2.22. The standard InChI is InChI=1S/C17H21IN2O2Si/c1-23(2,3)7-6-22-11-20-16-14-5-4-12(10-21)8-13(14)9-15(16)17(18)19-20/h4-5,8,10H,6-7,9,11H2,1-3H3. The van der Waals surface area contributed by atoms with Gasteiger partial charge in [0.25, 0.3) is 0 Å². The quantitative estimate of drug-likeness (QED) is 0.250. The van der Waals surface area contributed by atoms with E-state index in [1.165, 1.54) is 16.7 Å². The van der Waals surface area contributed by atoms with Crippen molar-refractivity contribution < 1.29 is 9.53 Å². The van der Waals surface area contributed by atoms with Gasteiger partial charge in [-0.05, 0) is 40.3 Å². The van der Waals surface area contributed by atoms with Gasteiger partial charge in [0.05, 0.1) is 5.69 Å². The van der Waals surface area contributed by atoms with E-state index in [0.717, 1.165) is 40.3 Å². The summed E-state index contributed by atoms with van der Waals surface area (Å²) >= 11 is 2.29. The molecular formula is C17H21IN2O2Si. The third-order valence-electron chi connectivity index (χ3n) is 4.10. The SMILES string of the molecule is C[Si](C)(C)CCOCn1nc(I)c2c1-c1ccc(C=O)cc1C2. The maximum Gasteiger partial charge on any atom is 0.150 e. The number of aldehydes is 1. The van der Waals surface area contributed by atoms with Gasteiger partial charge in [-0.3, -0.25) is 4.79 Å². The van der Waals surface area contributed by atoms with Crippen LogP contribution in [0, 0.1) is 3.70 Å². The first-order valence-electron chi connectivity index (χ1n) is 7.80. The summed E-state index contributed by atoms with van der Waals surface area (Å²) in [4.78, 5) is 11.0. The van der Waals surface area contributed by atoms with Crippen LogP contribution in [0.2, 0.25) is 25.7 Å². The lowest BCUT2D eigenvalue weighted by atomic mass is 10.1. The molecule has 1 heterocycles. The number of halogens is 1. The monoisotopic (exact) mass is 440 g/mol. The fourth-order valence-electron chi connectivity index (χ4n) is 2.81. The Labute approximate surface area is 151 Å². The molecule has 0 bridgehead atoms. The minimum absolute atomic E-state index is 0.491. The fraction of sp³-hybridized carbons (Fsp3) is 0.412. The van der Waals surface area contributed by atoms with E-state index in [2.05, 4.69) is 47.3 Å². The number of rotatable bonds is 6. The second-order valence-electron chi connectivity index (χ2n) is 7.18. The molecule has 2 aromatic rings. The summed E-state index contributed by atoms with van der Waals surface area (Å²) in [5.74, 6) is 0. The second-order valence-corrected chi connectivity index (χ2v) is 13.8. The van der Waals surface area contributed by atoms with Crippen molar-refractivity contribution in [2.24, 2.45) is 0 Å². The van der Waals surface area contributed by atoms with Crippen LogP contribution in [0.1, 0.15) is 21.5 Å². The Morgan fingerprint density at radius 1 is 1.39 bits per heavy atom. The van der Waals surface area contributed by atoms with Gasteiger partial charge in [-0.25, -0.2) is 4.68 Å². The van der Waals surface area contributed by atoms with Crippen LogP contribution in [-0.4, -0.2) is 30.7 Å². The summed E-state index contributed by atoms with van der Waals surface area (Å²) in [6, 6.07) is 7.04. The maximum atomic E-state index is 11.0. The Kier molecular flexibility index (Phi) is 4.75. The molecule has 4 nitrogen and oxygen atoms in total. The van der Waals surface area contributed by atoms with Crippen LogP contribution in [0.4, 0.5) is 0 Å². The summed E-state index contributed by atoms with van der Waals surface area (Å²) in [7, 11) is -1.07. The number of carbonyl (C=O) groups is 1. The van der Waals surface area contributed by atoms with E-state index in [-0.39, 0.29) is 0 Å². The van der Waals surface area contributed by atoms with Crippen LogP contribution in [0.15, 0.2) is 18.2 Å². The van der Waals surface area contributed by atoms with Crippen molar-refractivity contribution in [3.8, 4) is 11.3 Å². The van der Waals surface area contributed by atoms with Gasteiger partial charge in [0.15, 0.2) is 0 Å². The molecule has 0 fully saturated rings. The first-order valence-corrected chi connectivity index (χ1v) is 12.6. The number of carbonyl (C=O) groups excluding carboxylic acids is 1. The number of hydrogen-bond acceptors (Lipinski definition) is 3. The van der Waals surface area contributed by atoms with Crippen LogP contribution >= 0.6 is 22.6 Å². The molecule has 0 amide bonds. The highest BCUT2D eigenvalue weighted by atomic mass is 127. The molecule has 1 aliphatic rings. The highest BCUT2D eigenvalue weighted by molar-refractivity contribution is 14.1. The number of ether oxygens (including phenoxy) is 1. The van der Waals surface area contributed by atoms with Gasteiger partial charge < -0.3 is 4.74 Å². The van der Waals surface area contributed by atoms with Crippen LogP contribution in [0.5, 0.6) is 0 Å². The number of benzene rings is 1. The molecule has 0 N–H and O–H groups in total. The smallest absolute Gasteiger partial charge is 0.150 e. The predicted molar refractivity (Wildman–Crippen MR) is 103 cm³/mol. The topological polar surface area (TPSA) is 44.1 Å². The first kappa shape index (κ1) is 16.9. The minimum atomic E-state index is -1.07. The van der Waals surface area contributed by atoms with Crippen molar-refractivity contribution in [1.29, 1.82) is 0 Å². The minimum Gasteiger partial charge on any atom is -0.360 e. The van der Waals surface area contributed by atoms with Crippen molar-refractivity contribution in [2.75, 3.05) is 6.61 Å². The van der Waals surface area contributed by atoms with Crippen molar-refractivity contribution in [2.45, 2.75) is 38.8 Å². The molecule has 122 valence electrons. The predicted octanol–water partition coefficient (Wildman–Crippen LogP) is 4.18. The normalized spacial score (nSPS) is 13.0. The molecule has 3 rings (SSSR count). The lowest BCUT2D eigenvalue weighted by molar-refractivity contribution is 0.0795. The van der Waals surface area contributed by atoms with E-state index in [1.807, 2.05) is 22.9 Å². The Balaban J connectivity index is 1.80. The van der Waals surface area contributed by atoms with Gasteiger partial charge in [-0.1, -0.05) is 31.8 Å². The van der Waals surface area contributed by atoms with Crippen LogP contribution in [0.3, 0.4) is 0 Å². The number of hydrogen-bond donors (Lipinski definition) is 0. The largest absolute Gasteiger partial charge is 0.360 e. The van der Waals surface area contributed by atoms with E-state index in [9.17, 15) is 4.79 Å². The van der Waals surface area contributed by atoms with E-state index in [4.69, 9.17) is 4.74 Å². The Bertz CT molecular complexity index is 750. The van der Waals surface area contributed by atoms with Crippen molar-refractivity contribution in [3.05, 3.63) is 38.6 Å². The molecule has 0 saturated heterocycles. The molecule has 6 heteroatoms. The molecule has 0 radical (unpaired) electrons. The number of nitrogens with zero attached hydrogens (tertiary/aromatic N) is 2.